The molecule has 1 aliphatic carbocycles. The number of carbonyl (C=O) groups is 2. The van der Waals surface area contributed by atoms with Gasteiger partial charge >= 0.3 is 6.03 Å². The molecular weight excluding hydrogens is 340 g/mol. The van der Waals surface area contributed by atoms with Crippen molar-refractivity contribution in [3.63, 3.8) is 0 Å². The molecule has 0 radical (unpaired) electrons. The largest absolute Gasteiger partial charge is 0.368 e. The number of likely N-dealkylation sites (tertiary alicyclic amines) is 1. The lowest BCUT2D eigenvalue weighted by molar-refractivity contribution is -0.133. The summed E-state index contributed by atoms with van der Waals surface area (Å²) in [6.07, 6.45) is 4.02. The van der Waals surface area contributed by atoms with Crippen molar-refractivity contribution in [2.24, 2.45) is 5.92 Å². The number of carbonyl (C=O) groups excluding carboxylic acids is 2. The van der Waals surface area contributed by atoms with E-state index < -0.39 is 0 Å². The average Bonchev–Trinajstić information content (AvgIpc) is 3.54. The number of rotatable bonds is 3. The predicted octanol–water partition coefficient (Wildman–Crippen LogP) is 2.23. The molecule has 1 saturated carbocycles. The Kier molecular flexibility index (Phi) is 5.23. The molecule has 0 spiro atoms. The molecule has 3 aliphatic rings. The summed E-state index contributed by atoms with van der Waals surface area (Å²) in [7, 11) is 0. The van der Waals surface area contributed by atoms with E-state index in [1.54, 1.807) is 0 Å². The molecule has 6 nitrogen and oxygen atoms in total. The number of piperidine rings is 1. The molecule has 3 fully saturated rings. The third-order valence-corrected chi connectivity index (χ3v) is 5.95. The summed E-state index contributed by atoms with van der Waals surface area (Å²) in [6.45, 7) is 6.78. The van der Waals surface area contributed by atoms with E-state index in [0.29, 0.717) is 12.5 Å². The van der Waals surface area contributed by atoms with Crippen LogP contribution in [-0.2, 0) is 4.79 Å². The van der Waals surface area contributed by atoms with Crippen molar-refractivity contribution in [2.45, 2.75) is 38.6 Å². The number of hydrogen-bond donors (Lipinski definition) is 1. The van der Waals surface area contributed by atoms with Crippen LogP contribution in [-0.4, -0.2) is 67.0 Å². The minimum Gasteiger partial charge on any atom is -0.368 e. The van der Waals surface area contributed by atoms with Crippen molar-refractivity contribution < 1.29 is 9.59 Å². The van der Waals surface area contributed by atoms with E-state index in [2.05, 4.69) is 41.4 Å². The van der Waals surface area contributed by atoms with Crippen molar-refractivity contribution >= 4 is 17.6 Å². The lowest BCUT2D eigenvalue weighted by Crippen LogP contribution is -2.56. The first kappa shape index (κ1) is 18.1. The molecule has 2 aliphatic heterocycles. The van der Waals surface area contributed by atoms with E-state index in [9.17, 15) is 9.59 Å². The van der Waals surface area contributed by atoms with Gasteiger partial charge in [0.15, 0.2) is 0 Å². The minimum atomic E-state index is 0.0178. The zero-order valence-electron chi connectivity index (χ0n) is 16.2. The maximum absolute atomic E-state index is 12.7. The number of nitrogens with zero attached hydrogens (tertiary/aromatic N) is 3. The number of urea groups is 1. The maximum Gasteiger partial charge on any atom is 0.317 e. The molecule has 4 rings (SSSR count). The van der Waals surface area contributed by atoms with E-state index in [0.717, 1.165) is 58.4 Å². The Morgan fingerprint density at radius 2 is 1.63 bits per heavy atom. The number of aryl methyl sites for hydroxylation is 1. The number of hydrogen-bond acceptors (Lipinski definition) is 3. The summed E-state index contributed by atoms with van der Waals surface area (Å²) in [5.41, 5.74) is 2.49. The highest BCUT2D eigenvalue weighted by Gasteiger charge is 2.36. The second-order valence-electron chi connectivity index (χ2n) is 8.16. The summed E-state index contributed by atoms with van der Waals surface area (Å²) in [5.74, 6) is 0.551. The Hall–Kier alpha value is -2.24. The highest BCUT2D eigenvalue weighted by atomic mass is 16.2. The molecule has 2 heterocycles. The van der Waals surface area contributed by atoms with Gasteiger partial charge < -0.3 is 20.0 Å². The van der Waals surface area contributed by atoms with E-state index in [4.69, 9.17) is 0 Å². The molecule has 1 atom stereocenters. The Balaban J connectivity index is 1.25. The van der Waals surface area contributed by atoms with Crippen molar-refractivity contribution in [3.8, 4) is 0 Å². The fourth-order valence-electron chi connectivity index (χ4n) is 4.07. The van der Waals surface area contributed by atoms with Gasteiger partial charge in [0, 0.05) is 56.9 Å². The summed E-state index contributed by atoms with van der Waals surface area (Å²) in [5, 5.41) is 3.17. The molecule has 0 bridgehead atoms. The van der Waals surface area contributed by atoms with E-state index in [-0.39, 0.29) is 18.0 Å². The third-order valence-electron chi connectivity index (χ3n) is 5.95. The van der Waals surface area contributed by atoms with E-state index >= 15 is 0 Å². The van der Waals surface area contributed by atoms with Gasteiger partial charge in [-0.3, -0.25) is 4.79 Å². The second-order valence-corrected chi connectivity index (χ2v) is 8.16. The van der Waals surface area contributed by atoms with E-state index in [1.165, 1.54) is 11.3 Å². The first-order chi connectivity index (χ1) is 13.1. The summed E-state index contributed by atoms with van der Waals surface area (Å²) >= 11 is 0. The zero-order valence-corrected chi connectivity index (χ0v) is 16.2. The van der Waals surface area contributed by atoms with Crippen molar-refractivity contribution in [3.05, 3.63) is 29.8 Å². The van der Waals surface area contributed by atoms with Gasteiger partial charge in [-0.25, -0.2) is 4.79 Å². The third kappa shape index (κ3) is 4.37. The number of benzene rings is 1. The van der Waals surface area contributed by atoms with Gasteiger partial charge in [0.2, 0.25) is 5.91 Å². The Morgan fingerprint density at radius 3 is 2.30 bits per heavy atom. The molecular formula is C21H30N4O2. The first-order valence-electron chi connectivity index (χ1n) is 10.3. The predicted molar refractivity (Wildman–Crippen MR) is 106 cm³/mol. The van der Waals surface area contributed by atoms with Crippen LogP contribution in [0.1, 0.15) is 31.2 Å². The first-order valence-corrected chi connectivity index (χ1v) is 10.3. The van der Waals surface area contributed by atoms with Crippen LogP contribution >= 0.6 is 0 Å². The van der Waals surface area contributed by atoms with Gasteiger partial charge in [-0.1, -0.05) is 17.7 Å². The standard InChI is InChI=1S/C21H30N4O2/c1-16-4-8-19(9-5-16)23-11-13-24(14-12-23)21(27)22-18-3-2-10-25(15-18)20(26)17-6-7-17/h4-5,8-9,17-18H,2-3,6-7,10-15H2,1H3,(H,22,27)/t18-/m0/s1. The van der Waals surface area contributed by atoms with Crippen LogP contribution in [0, 0.1) is 12.8 Å². The fourth-order valence-corrected chi connectivity index (χ4v) is 4.07. The number of nitrogens with one attached hydrogen (secondary N) is 1. The van der Waals surface area contributed by atoms with Crippen LogP contribution in [0.15, 0.2) is 24.3 Å². The quantitative estimate of drug-likeness (QED) is 0.888. The van der Waals surface area contributed by atoms with Crippen molar-refractivity contribution in [1.82, 2.24) is 15.1 Å². The van der Waals surface area contributed by atoms with Crippen molar-refractivity contribution in [1.29, 1.82) is 0 Å². The minimum absolute atomic E-state index is 0.0178. The highest BCUT2D eigenvalue weighted by Crippen LogP contribution is 2.31. The monoisotopic (exact) mass is 370 g/mol. The normalized spacial score (nSPS) is 23.3. The van der Waals surface area contributed by atoms with Crippen molar-refractivity contribution in [2.75, 3.05) is 44.2 Å². The lowest BCUT2D eigenvalue weighted by Gasteiger charge is -2.38. The maximum atomic E-state index is 12.7. The Morgan fingerprint density at radius 1 is 0.926 bits per heavy atom. The molecule has 6 heteroatoms. The molecule has 0 aromatic heterocycles. The number of anilines is 1. The van der Waals surface area contributed by atoms with Crippen LogP contribution < -0.4 is 10.2 Å². The summed E-state index contributed by atoms with van der Waals surface area (Å²) in [6, 6.07) is 8.67. The van der Waals surface area contributed by atoms with Gasteiger partial charge in [-0.15, -0.1) is 0 Å². The second kappa shape index (κ2) is 7.79. The molecule has 0 unspecified atom stereocenters. The van der Waals surface area contributed by atoms with Gasteiger partial charge in [-0.05, 0) is 44.7 Å². The van der Waals surface area contributed by atoms with E-state index in [1.807, 2.05) is 9.80 Å². The van der Waals surface area contributed by atoms with Gasteiger partial charge in [0.1, 0.15) is 0 Å². The summed E-state index contributed by atoms with van der Waals surface area (Å²) in [4.78, 5) is 31.2. The molecule has 1 N–H and O–H groups in total. The Labute approximate surface area is 161 Å². The number of amides is 3. The fraction of sp³-hybridized carbons (Fsp3) is 0.619. The molecule has 2 saturated heterocycles. The lowest BCUT2D eigenvalue weighted by atomic mass is 10.1. The van der Waals surface area contributed by atoms with Crippen LogP contribution in [0.25, 0.3) is 0 Å². The summed E-state index contributed by atoms with van der Waals surface area (Å²) < 4.78 is 0. The smallest absolute Gasteiger partial charge is 0.317 e. The number of piperazine rings is 1. The molecule has 1 aromatic rings. The highest BCUT2D eigenvalue weighted by molar-refractivity contribution is 5.81. The molecule has 146 valence electrons. The van der Waals surface area contributed by atoms with Crippen LogP contribution in [0.4, 0.5) is 10.5 Å². The molecule has 3 amide bonds. The van der Waals surface area contributed by atoms with Crippen LogP contribution in [0.3, 0.4) is 0 Å². The van der Waals surface area contributed by atoms with Gasteiger partial charge in [0.05, 0.1) is 0 Å². The average molecular weight is 370 g/mol. The molecule has 27 heavy (non-hydrogen) atoms. The Bertz CT molecular complexity index is 678. The SMILES string of the molecule is Cc1ccc(N2CCN(C(=O)N[C@H]3CCCN(C(=O)C4CC4)C3)CC2)cc1. The van der Waals surface area contributed by atoms with Gasteiger partial charge in [0.25, 0.3) is 0 Å². The van der Waals surface area contributed by atoms with Crippen LogP contribution in [0.5, 0.6) is 0 Å². The zero-order chi connectivity index (χ0) is 18.8. The topological polar surface area (TPSA) is 55.9 Å². The van der Waals surface area contributed by atoms with Crippen LogP contribution in [0.2, 0.25) is 0 Å². The molecule has 1 aromatic carbocycles. The van der Waals surface area contributed by atoms with Gasteiger partial charge in [-0.2, -0.15) is 0 Å².